The molecule has 26 heavy (non-hydrogen) atoms. The monoisotopic (exact) mass is 348 g/mol. The minimum Gasteiger partial charge on any atom is -0.324 e. The molecule has 1 amide bonds. The van der Waals surface area contributed by atoms with Gasteiger partial charge in [0.05, 0.1) is 16.9 Å². The SMILES string of the molecule is Cc1cc(NC(=O)[C@@H](C)n2nc3c(cc2=O)CCC3)c2ccccc2n1. The van der Waals surface area contributed by atoms with Gasteiger partial charge in [-0.05, 0) is 50.8 Å². The average molecular weight is 348 g/mol. The summed E-state index contributed by atoms with van der Waals surface area (Å²) in [6.45, 7) is 3.58. The number of rotatable bonds is 3. The van der Waals surface area contributed by atoms with Crippen LogP contribution in [0.3, 0.4) is 0 Å². The van der Waals surface area contributed by atoms with Crippen molar-refractivity contribution in [3.05, 3.63) is 63.7 Å². The van der Waals surface area contributed by atoms with E-state index >= 15 is 0 Å². The Morgan fingerprint density at radius 3 is 2.88 bits per heavy atom. The van der Waals surface area contributed by atoms with Crippen molar-refractivity contribution in [2.24, 2.45) is 0 Å². The zero-order chi connectivity index (χ0) is 18.3. The van der Waals surface area contributed by atoms with Gasteiger partial charge in [-0.2, -0.15) is 5.10 Å². The summed E-state index contributed by atoms with van der Waals surface area (Å²) in [5, 5.41) is 8.24. The highest BCUT2D eigenvalue weighted by molar-refractivity contribution is 6.02. The summed E-state index contributed by atoms with van der Waals surface area (Å²) in [6, 6.07) is 10.4. The van der Waals surface area contributed by atoms with E-state index in [4.69, 9.17) is 0 Å². The van der Waals surface area contributed by atoms with Crippen molar-refractivity contribution in [2.75, 3.05) is 5.32 Å². The number of carbonyl (C=O) groups excluding carboxylic acids is 1. The number of nitrogens with zero attached hydrogens (tertiary/aromatic N) is 3. The van der Waals surface area contributed by atoms with Crippen LogP contribution in [0.5, 0.6) is 0 Å². The molecule has 3 aromatic rings. The van der Waals surface area contributed by atoms with Crippen LogP contribution < -0.4 is 10.9 Å². The van der Waals surface area contributed by atoms with Gasteiger partial charge in [-0.3, -0.25) is 14.6 Å². The molecule has 0 saturated heterocycles. The number of nitrogens with one attached hydrogen (secondary N) is 1. The highest BCUT2D eigenvalue weighted by Gasteiger charge is 2.22. The Labute approximate surface area is 150 Å². The van der Waals surface area contributed by atoms with E-state index in [1.165, 1.54) is 4.68 Å². The van der Waals surface area contributed by atoms with Crippen LogP contribution in [0.1, 0.15) is 36.3 Å². The van der Waals surface area contributed by atoms with Gasteiger partial charge in [0.25, 0.3) is 5.56 Å². The van der Waals surface area contributed by atoms with Crippen molar-refractivity contribution in [3.8, 4) is 0 Å². The number of hydrogen-bond acceptors (Lipinski definition) is 4. The summed E-state index contributed by atoms with van der Waals surface area (Å²) in [6.07, 6.45) is 2.76. The second kappa shape index (κ2) is 6.37. The van der Waals surface area contributed by atoms with E-state index in [2.05, 4.69) is 15.4 Å². The Bertz CT molecular complexity index is 1070. The third-order valence-corrected chi connectivity index (χ3v) is 4.83. The van der Waals surface area contributed by atoms with Crippen LogP contribution in [0, 0.1) is 6.92 Å². The van der Waals surface area contributed by atoms with Gasteiger partial charge in [-0.15, -0.1) is 0 Å². The maximum atomic E-state index is 12.8. The number of aromatic nitrogens is 3. The second-order valence-electron chi connectivity index (χ2n) is 6.75. The lowest BCUT2D eigenvalue weighted by Crippen LogP contribution is -2.34. The predicted octanol–water partition coefficient (Wildman–Crippen LogP) is 2.79. The summed E-state index contributed by atoms with van der Waals surface area (Å²) in [5.74, 6) is -0.270. The van der Waals surface area contributed by atoms with E-state index < -0.39 is 6.04 Å². The summed E-state index contributed by atoms with van der Waals surface area (Å²) in [7, 11) is 0. The van der Waals surface area contributed by atoms with Gasteiger partial charge in [0.2, 0.25) is 5.91 Å². The number of pyridine rings is 1. The van der Waals surface area contributed by atoms with Crippen molar-refractivity contribution >= 4 is 22.5 Å². The minimum absolute atomic E-state index is 0.232. The highest BCUT2D eigenvalue weighted by atomic mass is 16.2. The predicted molar refractivity (Wildman–Crippen MR) is 100 cm³/mol. The number of anilines is 1. The molecule has 0 radical (unpaired) electrons. The molecule has 0 aliphatic heterocycles. The zero-order valence-electron chi connectivity index (χ0n) is 14.8. The molecule has 0 unspecified atom stereocenters. The highest BCUT2D eigenvalue weighted by Crippen LogP contribution is 2.24. The molecule has 1 aromatic carbocycles. The summed E-state index contributed by atoms with van der Waals surface area (Å²) in [4.78, 5) is 29.6. The van der Waals surface area contributed by atoms with Crippen LogP contribution in [0.2, 0.25) is 0 Å². The van der Waals surface area contributed by atoms with E-state index in [9.17, 15) is 9.59 Å². The van der Waals surface area contributed by atoms with Gasteiger partial charge in [0, 0.05) is 17.1 Å². The Kier molecular flexibility index (Phi) is 4.03. The first kappa shape index (κ1) is 16.4. The molecule has 4 rings (SSSR count). The topological polar surface area (TPSA) is 76.9 Å². The molecule has 2 heterocycles. The Morgan fingerprint density at radius 1 is 1.23 bits per heavy atom. The Morgan fingerprint density at radius 2 is 2.04 bits per heavy atom. The molecule has 0 saturated carbocycles. The lowest BCUT2D eigenvalue weighted by atomic mass is 10.1. The van der Waals surface area contributed by atoms with E-state index in [1.807, 2.05) is 37.3 Å². The van der Waals surface area contributed by atoms with Gasteiger partial charge in [-0.1, -0.05) is 18.2 Å². The van der Waals surface area contributed by atoms with Gasteiger partial charge in [0.15, 0.2) is 0 Å². The molecule has 0 spiro atoms. The number of amides is 1. The summed E-state index contributed by atoms with van der Waals surface area (Å²) >= 11 is 0. The normalized spacial score (nSPS) is 14.2. The lowest BCUT2D eigenvalue weighted by Gasteiger charge is -2.16. The molecular formula is C20H20N4O2. The van der Waals surface area contributed by atoms with E-state index in [0.717, 1.165) is 47.1 Å². The van der Waals surface area contributed by atoms with Crippen molar-refractivity contribution in [1.29, 1.82) is 0 Å². The van der Waals surface area contributed by atoms with Crippen LogP contribution in [-0.2, 0) is 17.6 Å². The lowest BCUT2D eigenvalue weighted by molar-refractivity contribution is -0.119. The van der Waals surface area contributed by atoms with Crippen molar-refractivity contribution in [2.45, 2.75) is 39.2 Å². The van der Waals surface area contributed by atoms with E-state index in [1.54, 1.807) is 13.0 Å². The second-order valence-corrected chi connectivity index (χ2v) is 6.75. The summed E-state index contributed by atoms with van der Waals surface area (Å²) in [5.41, 5.74) is 4.04. The maximum Gasteiger partial charge on any atom is 0.267 e. The van der Waals surface area contributed by atoms with Crippen molar-refractivity contribution in [1.82, 2.24) is 14.8 Å². The fourth-order valence-electron chi connectivity index (χ4n) is 3.45. The smallest absolute Gasteiger partial charge is 0.267 e. The molecule has 1 aliphatic rings. The minimum atomic E-state index is -0.694. The van der Waals surface area contributed by atoms with Crippen LogP contribution in [-0.4, -0.2) is 20.7 Å². The molecule has 0 fully saturated rings. The maximum absolute atomic E-state index is 12.8. The van der Waals surface area contributed by atoms with Crippen molar-refractivity contribution < 1.29 is 4.79 Å². The number of hydrogen-bond donors (Lipinski definition) is 1. The van der Waals surface area contributed by atoms with E-state index in [0.29, 0.717) is 5.69 Å². The first-order valence-electron chi connectivity index (χ1n) is 8.82. The van der Waals surface area contributed by atoms with Crippen LogP contribution >= 0.6 is 0 Å². The summed E-state index contributed by atoms with van der Waals surface area (Å²) < 4.78 is 1.29. The van der Waals surface area contributed by atoms with Gasteiger partial charge in [0.1, 0.15) is 6.04 Å². The third-order valence-electron chi connectivity index (χ3n) is 4.83. The number of benzene rings is 1. The molecular weight excluding hydrogens is 328 g/mol. The molecule has 6 nitrogen and oxygen atoms in total. The molecule has 2 aromatic heterocycles. The number of para-hydroxylation sites is 1. The van der Waals surface area contributed by atoms with Crippen LogP contribution in [0.4, 0.5) is 5.69 Å². The van der Waals surface area contributed by atoms with Gasteiger partial charge < -0.3 is 5.32 Å². The standard InChI is InChI=1S/C20H20N4O2/c1-12-10-18(15-7-3-4-8-17(15)21-12)22-20(26)13(2)24-19(25)11-14-6-5-9-16(14)23-24/h3-4,7-8,10-11,13H,5-6,9H2,1-2H3,(H,21,22,26)/t13-/m1/s1. The molecule has 1 aliphatic carbocycles. The molecule has 6 heteroatoms. The first-order chi connectivity index (χ1) is 12.5. The molecule has 1 N–H and O–H groups in total. The average Bonchev–Trinajstić information content (AvgIpc) is 3.07. The first-order valence-corrected chi connectivity index (χ1v) is 8.82. The Balaban J connectivity index is 1.66. The number of aryl methyl sites for hydroxylation is 3. The van der Waals surface area contributed by atoms with Crippen LogP contribution in [0.15, 0.2) is 41.2 Å². The fraction of sp³-hybridized carbons (Fsp3) is 0.300. The molecule has 1 atom stereocenters. The Hall–Kier alpha value is -3.02. The zero-order valence-corrected chi connectivity index (χ0v) is 14.8. The largest absolute Gasteiger partial charge is 0.324 e. The fourth-order valence-corrected chi connectivity index (χ4v) is 3.45. The van der Waals surface area contributed by atoms with E-state index in [-0.39, 0.29) is 11.5 Å². The van der Waals surface area contributed by atoms with Gasteiger partial charge >= 0.3 is 0 Å². The quantitative estimate of drug-likeness (QED) is 0.789. The van der Waals surface area contributed by atoms with Crippen LogP contribution in [0.25, 0.3) is 10.9 Å². The number of carbonyl (C=O) groups is 1. The number of fused-ring (bicyclic) bond motifs is 2. The van der Waals surface area contributed by atoms with Crippen molar-refractivity contribution in [3.63, 3.8) is 0 Å². The van der Waals surface area contributed by atoms with Gasteiger partial charge in [-0.25, -0.2) is 4.68 Å². The molecule has 132 valence electrons. The third kappa shape index (κ3) is 2.87. The molecule has 0 bridgehead atoms.